The molecule has 0 atom stereocenters. The van der Waals surface area contributed by atoms with Crippen LogP contribution in [0.4, 0.5) is 0 Å². The van der Waals surface area contributed by atoms with Gasteiger partial charge < -0.3 is 0 Å². The van der Waals surface area contributed by atoms with Gasteiger partial charge in [-0.3, -0.25) is 0 Å². The molecule has 0 rings (SSSR count). The maximum atomic E-state index is 8.28. The molecule has 0 saturated carbocycles. The molecular formula is HAlB2CrO. The molecular weight excluding hydrogens is 117 g/mol. The van der Waals surface area contributed by atoms with Crippen molar-refractivity contribution in [1.82, 2.24) is 0 Å². The van der Waals surface area contributed by atoms with E-state index in [0.29, 0.717) is 16.2 Å². The van der Waals surface area contributed by atoms with E-state index >= 15 is 0 Å². The Morgan fingerprint density at radius 2 is 1.40 bits per heavy atom. The first-order chi connectivity index (χ1) is 2.41. The summed E-state index contributed by atoms with van der Waals surface area (Å²) < 4.78 is 8.28. The normalized spacial score (nSPS) is 3.00. The van der Waals surface area contributed by atoms with Gasteiger partial charge in [0.1, 0.15) is 0 Å². The molecule has 0 amide bonds. The molecule has 0 fully saturated rings. The molecule has 5 heavy (non-hydrogen) atoms. The molecule has 0 heterocycles. The van der Waals surface area contributed by atoms with Crippen LogP contribution in [0.1, 0.15) is 0 Å². The molecule has 5 heteroatoms. The molecule has 0 aromatic rings. The van der Waals surface area contributed by atoms with Crippen LogP contribution in [0.15, 0.2) is 0 Å². The summed E-state index contributed by atoms with van der Waals surface area (Å²) in [5.74, 6) is 9.38. The van der Waals surface area contributed by atoms with Crippen LogP contribution >= 0.6 is 0 Å². The molecule has 0 aromatic heterocycles. The zero-order chi connectivity index (χ0) is 4.71. The molecule has 0 aliphatic rings. The molecule has 0 spiro atoms. The van der Waals surface area contributed by atoms with Gasteiger partial charge in [0.2, 0.25) is 0 Å². The van der Waals surface area contributed by atoms with E-state index in [2.05, 4.69) is 12.0 Å². The van der Waals surface area contributed by atoms with Gasteiger partial charge in [-0.05, 0) is 0 Å². The van der Waals surface area contributed by atoms with Gasteiger partial charge in [-0.25, -0.2) is 0 Å². The Hall–Kier alpha value is 0.995. The predicted molar refractivity (Wildman–Crippen MR) is 19.3 cm³/mol. The van der Waals surface area contributed by atoms with Crippen LogP contribution in [-0.4, -0.2) is 28.2 Å². The molecule has 0 saturated heterocycles. The summed E-state index contributed by atoms with van der Waals surface area (Å²) in [5.41, 5.74) is 0. The zero-order valence-electron chi connectivity index (χ0n) is 2.68. The second kappa shape index (κ2) is 20.0. The van der Waals surface area contributed by atoms with Crippen LogP contribution < -0.4 is 0 Å². The minimum atomic E-state index is -0.125. The first kappa shape index (κ1) is 9.37. The van der Waals surface area contributed by atoms with Crippen LogP contribution in [0.25, 0.3) is 0 Å². The van der Waals surface area contributed by atoms with Crippen molar-refractivity contribution in [1.29, 1.82) is 0 Å². The van der Waals surface area contributed by atoms with Crippen LogP contribution in [0.5, 0.6) is 0 Å². The predicted octanol–water partition coefficient (Wildman–Crippen LogP) is -1.53. The van der Waals surface area contributed by atoms with E-state index in [1.165, 1.54) is 0 Å². The molecule has 0 aromatic carbocycles. The van der Waals surface area contributed by atoms with Crippen molar-refractivity contribution in [2.24, 2.45) is 0 Å². The molecule has 0 aliphatic carbocycles. The monoisotopic (exact) mass is 118 g/mol. The summed E-state index contributed by atoms with van der Waals surface area (Å²) in [5, 5.41) is 0. The number of hydrogen-bond acceptors (Lipinski definition) is 1. The van der Waals surface area contributed by atoms with Crippen LogP contribution in [0.2, 0.25) is 0 Å². The van der Waals surface area contributed by atoms with Crippen molar-refractivity contribution >= 4 is 28.2 Å². The fourth-order valence-electron chi connectivity index (χ4n) is 0. The average molecular weight is 118 g/mol. The summed E-state index contributed by atoms with van der Waals surface area (Å²) in [7, 11) is 0. The van der Waals surface area contributed by atoms with Gasteiger partial charge in [0, 0.05) is 0 Å². The minimum absolute atomic E-state index is 0.125. The fourth-order valence-corrected chi connectivity index (χ4v) is 0. The summed E-state index contributed by atoms with van der Waals surface area (Å²) in [6.07, 6.45) is 0. The molecule has 0 bridgehead atoms. The van der Waals surface area contributed by atoms with E-state index in [1.807, 2.05) is 0 Å². The van der Waals surface area contributed by atoms with Crippen LogP contribution in [0.3, 0.4) is 0 Å². The van der Waals surface area contributed by atoms with E-state index in [0.717, 1.165) is 0 Å². The van der Waals surface area contributed by atoms with Gasteiger partial charge in [-0.15, -0.1) is 0 Å². The molecule has 22 valence electrons. The van der Waals surface area contributed by atoms with Gasteiger partial charge in [0.25, 0.3) is 0 Å². The Kier molecular flexibility index (Phi) is 37.5. The van der Waals surface area contributed by atoms with Crippen molar-refractivity contribution in [3.8, 4) is 0 Å². The SMILES string of the molecule is [B]#[Cr]#[B].[O]=[AlH]. The summed E-state index contributed by atoms with van der Waals surface area (Å²) >= 11 is 0.486. The molecule has 0 aliphatic heterocycles. The Morgan fingerprint density at radius 1 is 1.40 bits per heavy atom. The van der Waals surface area contributed by atoms with Crippen LogP contribution in [-0.2, 0) is 17.4 Å². The number of hydrogen-bond donors (Lipinski definition) is 0. The average Bonchev–Trinajstić information content (AvgIpc) is 1.46. The molecule has 0 unspecified atom stereocenters. The first-order valence-corrected chi connectivity index (χ1v) is 2.81. The van der Waals surface area contributed by atoms with Gasteiger partial charge in [-0.1, -0.05) is 0 Å². The van der Waals surface area contributed by atoms with Gasteiger partial charge in [0.05, 0.1) is 0 Å². The van der Waals surface area contributed by atoms with E-state index in [9.17, 15) is 0 Å². The zero-order valence-corrected chi connectivity index (χ0v) is 5.37. The summed E-state index contributed by atoms with van der Waals surface area (Å²) in [4.78, 5) is 0. The van der Waals surface area contributed by atoms with Crippen molar-refractivity contribution < 1.29 is 17.4 Å². The maximum absolute atomic E-state index is 8.28. The van der Waals surface area contributed by atoms with Gasteiger partial charge in [0.15, 0.2) is 0 Å². The Labute approximate surface area is 45.8 Å². The second-order valence-corrected chi connectivity index (χ2v) is 0.561. The fraction of sp³-hybridized carbons (Fsp3) is 0. The quantitative estimate of drug-likeness (QED) is 0.352. The summed E-state index contributed by atoms with van der Waals surface area (Å²) in [6, 6.07) is 0. The molecule has 0 N–H and O–H groups in total. The first-order valence-electron chi connectivity index (χ1n) is 0.760. The standard InChI is InChI=1S/Al.2B.Cr.O.H. The topological polar surface area (TPSA) is 17.1 Å². The van der Waals surface area contributed by atoms with Gasteiger partial charge >= 0.3 is 45.6 Å². The van der Waals surface area contributed by atoms with Crippen molar-refractivity contribution in [2.45, 2.75) is 0 Å². The van der Waals surface area contributed by atoms with Crippen LogP contribution in [0, 0.1) is 0 Å². The van der Waals surface area contributed by atoms with E-state index in [4.69, 9.17) is 3.80 Å². The van der Waals surface area contributed by atoms with E-state index in [-0.39, 0.29) is 13.6 Å². The summed E-state index contributed by atoms with van der Waals surface area (Å²) in [6.45, 7) is 0. The Bertz CT molecular complexity index is 93.6. The third kappa shape index (κ3) is 45.3. The van der Waals surface area contributed by atoms with E-state index < -0.39 is 0 Å². The van der Waals surface area contributed by atoms with Crippen molar-refractivity contribution in [3.63, 3.8) is 0 Å². The Balaban J connectivity index is 0. The number of rotatable bonds is 0. The Morgan fingerprint density at radius 3 is 1.40 bits per heavy atom. The molecule has 0 radical (unpaired) electrons. The van der Waals surface area contributed by atoms with Crippen molar-refractivity contribution in [2.75, 3.05) is 0 Å². The van der Waals surface area contributed by atoms with E-state index in [1.54, 1.807) is 0 Å². The van der Waals surface area contributed by atoms with Gasteiger partial charge in [-0.2, -0.15) is 0 Å². The molecule has 1 nitrogen and oxygen atoms in total. The third-order valence-electron chi connectivity index (χ3n) is 0. The van der Waals surface area contributed by atoms with Crippen molar-refractivity contribution in [3.05, 3.63) is 0 Å². The second-order valence-electron chi connectivity index (χ2n) is 0.136. The third-order valence-corrected chi connectivity index (χ3v) is 0.